The van der Waals surface area contributed by atoms with Crippen LogP contribution in [0.1, 0.15) is 125 Å². The zero-order valence-corrected chi connectivity index (χ0v) is 22.3. The van der Waals surface area contributed by atoms with Gasteiger partial charge in [0.25, 0.3) is 0 Å². The van der Waals surface area contributed by atoms with Crippen LogP contribution in [0, 0.1) is 40.9 Å². The summed E-state index contributed by atoms with van der Waals surface area (Å²) in [6.45, 7) is 15.0. The highest BCUT2D eigenvalue weighted by atomic mass is 16.6. The fourth-order valence-electron chi connectivity index (χ4n) is 7.83. The van der Waals surface area contributed by atoms with Crippen LogP contribution in [0.25, 0.3) is 0 Å². The molecule has 0 saturated heterocycles. The molecule has 3 aliphatic rings. The molecule has 32 heavy (non-hydrogen) atoms. The van der Waals surface area contributed by atoms with Gasteiger partial charge < -0.3 is 4.84 Å². The summed E-state index contributed by atoms with van der Waals surface area (Å²) in [5, 5.41) is 4.48. The van der Waals surface area contributed by atoms with Gasteiger partial charge >= 0.3 is 0 Å². The van der Waals surface area contributed by atoms with E-state index in [9.17, 15) is 0 Å². The van der Waals surface area contributed by atoms with E-state index in [1.54, 1.807) is 5.57 Å². The molecule has 0 aliphatic heterocycles. The van der Waals surface area contributed by atoms with E-state index in [2.05, 4.69) is 45.9 Å². The summed E-state index contributed by atoms with van der Waals surface area (Å²) in [5.41, 5.74) is 3.53. The molecule has 3 aliphatic carbocycles. The normalized spacial score (nSPS) is 33.6. The predicted octanol–water partition coefficient (Wildman–Crippen LogP) is 9.20. The topological polar surface area (TPSA) is 21.6 Å². The second kappa shape index (κ2) is 12.1. The minimum Gasteiger partial charge on any atom is -0.396 e. The van der Waals surface area contributed by atoms with Crippen LogP contribution in [0.5, 0.6) is 0 Å². The van der Waals surface area contributed by atoms with E-state index >= 15 is 0 Å². The molecule has 3 rings (SSSR count). The van der Waals surface area contributed by atoms with Crippen molar-refractivity contribution in [2.75, 3.05) is 6.61 Å². The largest absolute Gasteiger partial charge is 0.396 e. The quantitative estimate of drug-likeness (QED) is 0.167. The molecule has 6 atom stereocenters. The third kappa shape index (κ3) is 6.20. The molecule has 184 valence electrons. The molecule has 2 saturated carbocycles. The maximum Gasteiger partial charge on any atom is 0.114 e. The zero-order valence-electron chi connectivity index (χ0n) is 22.3. The minimum absolute atomic E-state index is 0.604. The lowest BCUT2D eigenvalue weighted by molar-refractivity contribution is -0.00630. The Morgan fingerprint density at radius 2 is 1.94 bits per heavy atom. The third-order valence-corrected chi connectivity index (χ3v) is 9.56. The molecule has 0 bridgehead atoms. The van der Waals surface area contributed by atoms with Crippen LogP contribution in [0.4, 0.5) is 0 Å². The van der Waals surface area contributed by atoms with E-state index in [-0.39, 0.29) is 0 Å². The van der Waals surface area contributed by atoms with Crippen molar-refractivity contribution in [1.29, 1.82) is 0 Å². The van der Waals surface area contributed by atoms with Crippen molar-refractivity contribution in [2.45, 2.75) is 125 Å². The van der Waals surface area contributed by atoms with E-state index in [1.165, 1.54) is 76.3 Å². The highest BCUT2D eigenvalue weighted by Crippen LogP contribution is 2.63. The van der Waals surface area contributed by atoms with E-state index in [4.69, 9.17) is 4.84 Å². The second-order valence-electron chi connectivity index (χ2n) is 12.2. The van der Waals surface area contributed by atoms with Crippen LogP contribution in [0.3, 0.4) is 0 Å². The lowest BCUT2D eigenvalue weighted by Crippen LogP contribution is -2.43. The molecule has 2 nitrogen and oxygen atoms in total. The molecule has 2 fully saturated rings. The van der Waals surface area contributed by atoms with Gasteiger partial charge in [0.15, 0.2) is 0 Å². The van der Waals surface area contributed by atoms with Crippen molar-refractivity contribution in [3.05, 3.63) is 11.6 Å². The maximum atomic E-state index is 5.45. The first kappa shape index (κ1) is 25.8. The molecule has 0 N–H and O–H groups in total. The van der Waals surface area contributed by atoms with Crippen molar-refractivity contribution in [1.82, 2.24) is 0 Å². The van der Waals surface area contributed by atoms with Gasteiger partial charge in [-0.3, -0.25) is 0 Å². The Bertz CT molecular complexity index is 635. The molecule has 0 aromatic rings. The van der Waals surface area contributed by atoms with Crippen molar-refractivity contribution in [2.24, 2.45) is 46.1 Å². The third-order valence-electron chi connectivity index (χ3n) is 9.56. The number of fused-ring (bicyclic) bond motifs is 3. The molecular weight excluding hydrogens is 390 g/mol. The van der Waals surface area contributed by atoms with Gasteiger partial charge in [-0.05, 0) is 99.2 Å². The van der Waals surface area contributed by atoms with Crippen LogP contribution in [0.2, 0.25) is 0 Å². The van der Waals surface area contributed by atoms with E-state index < -0.39 is 0 Å². The molecule has 0 amide bonds. The Hall–Kier alpha value is -0.790. The van der Waals surface area contributed by atoms with E-state index in [1.807, 2.05) is 6.92 Å². The second-order valence-corrected chi connectivity index (χ2v) is 12.2. The number of hydrogen-bond acceptors (Lipinski definition) is 2. The van der Waals surface area contributed by atoms with Crippen LogP contribution >= 0.6 is 0 Å². The summed E-state index contributed by atoms with van der Waals surface area (Å²) in [6.07, 6.45) is 20.1. The average Bonchev–Trinajstić information content (AvgIpc) is 3.12. The SMILES string of the molecule is CCCC/C(CC1=CCC2C(CC[C@@]3(C)C2CC[C@@H]3[C@H](C)CCCC(C)C)C1)=N\OCC. The summed E-state index contributed by atoms with van der Waals surface area (Å²) < 4.78 is 0. The van der Waals surface area contributed by atoms with Crippen molar-refractivity contribution in [3.8, 4) is 0 Å². The summed E-state index contributed by atoms with van der Waals surface area (Å²) >= 11 is 0. The Kier molecular flexibility index (Phi) is 9.74. The number of unbranched alkanes of at least 4 members (excludes halogenated alkanes) is 1. The summed E-state index contributed by atoms with van der Waals surface area (Å²) in [6, 6.07) is 0. The molecule has 3 unspecified atom stereocenters. The van der Waals surface area contributed by atoms with Gasteiger partial charge in [0.1, 0.15) is 6.61 Å². The highest BCUT2D eigenvalue weighted by molar-refractivity contribution is 5.86. The average molecular weight is 444 g/mol. The van der Waals surface area contributed by atoms with Gasteiger partial charge in [0.2, 0.25) is 0 Å². The fraction of sp³-hybridized carbons (Fsp3) is 0.900. The van der Waals surface area contributed by atoms with Gasteiger partial charge in [0, 0.05) is 6.42 Å². The molecule has 0 spiro atoms. The van der Waals surface area contributed by atoms with Crippen LogP contribution < -0.4 is 0 Å². The first-order chi connectivity index (χ1) is 15.4. The Morgan fingerprint density at radius 3 is 2.66 bits per heavy atom. The zero-order chi connectivity index (χ0) is 23.1. The first-order valence-electron chi connectivity index (χ1n) is 14.2. The lowest BCUT2D eigenvalue weighted by Gasteiger charge is -2.51. The highest BCUT2D eigenvalue weighted by Gasteiger charge is 2.54. The first-order valence-corrected chi connectivity index (χ1v) is 14.2. The molecule has 0 aromatic carbocycles. The molecular formula is C30H53NO. The van der Waals surface area contributed by atoms with Gasteiger partial charge in [0.05, 0.1) is 5.71 Å². The number of nitrogens with zero attached hydrogens (tertiary/aromatic N) is 1. The Labute approximate surface area is 200 Å². The van der Waals surface area contributed by atoms with Crippen molar-refractivity contribution < 1.29 is 4.84 Å². The standard InChI is InChI=1S/C30H53NO/c1-7-9-13-26(31-32-8-2)21-24-14-15-27-25(20-24)18-19-30(6)28(16-17-29(27)30)23(5)12-10-11-22(3)4/h14,22-23,25,27-29H,7-13,15-21H2,1-6H3/b31-26+/t23-,25?,27?,28-,29?,30-/m1/s1. The Balaban J connectivity index is 1.61. The number of oxime groups is 1. The van der Waals surface area contributed by atoms with Gasteiger partial charge in [-0.25, -0.2) is 0 Å². The van der Waals surface area contributed by atoms with E-state index in [0.717, 1.165) is 48.3 Å². The van der Waals surface area contributed by atoms with Crippen LogP contribution in [-0.4, -0.2) is 12.3 Å². The van der Waals surface area contributed by atoms with Crippen LogP contribution in [-0.2, 0) is 4.84 Å². The molecule has 0 heterocycles. The summed E-state index contributed by atoms with van der Waals surface area (Å²) in [4.78, 5) is 5.45. The summed E-state index contributed by atoms with van der Waals surface area (Å²) in [7, 11) is 0. The number of hydrogen-bond donors (Lipinski definition) is 0. The number of rotatable bonds is 12. The van der Waals surface area contributed by atoms with Crippen LogP contribution in [0.15, 0.2) is 16.8 Å². The van der Waals surface area contributed by atoms with Gasteiger partial charge in [-0.2, -0.15) is 0 Å². The maximum absolute atomic E-state index is 5.45. The molecule has 0 radical (unpaired) electrons. The summed E-state index contributed by atoms with van der Waals surface area (Å²) in [5.74, 6) is 5.55. The van der Waals surface area contributed by atoms with Gasteiger partial charge in [-0.1, -0.05) is 77.1 Å². The Morgan fingerprint density at radius 1 is 1.12 bits per heavy atom. The fourth-order valence-corrected chi connectivity index (χ4v) is 7.83. The molecule has 2 heteroatoms. The lowest BCUT2D eigenvalue weighted by atomic mass is 9.54. The monoisotopic (exact) mass is 443 g/mol. The van der Waals surface area contributed by atoms with Crippen molar-refractivity contribution >= 4 is 5.71 Å². The van der Waals surface area contributed by atoms with E-state index in [0.29, 0.717) is 12.0 Å². The van der Waals surface area contributed by atoms with Crippen molar-refractivity contribution in [3.63, 3.8) is 0 Å². The number of allylic oxidation sites excluding steroid dienone is 2. The minimum atomic E-state index is 0.604. The van der Waals surface area contributed by atoms with Gasteiger partial charge in [-0.15, -0.1) is 0 Å². The smallest absolute Gasteiger partial charge is 0.114 e. The molecule has 0 aromatic heterocycles. The predicted molar refractivity (Wildman–Crippen MR) is 139 cm³/mol.